The molecular weight excluding hydrogens is 238 g/mol. The zero-order valence-corrected chi connectivity index (χ0v) is 12.6. The van der Waals surface area contributed by atoms with E-state index < -0.39 is 0 Å². The van der Waals surface area contributed by atoms with E-state index in [4.69, 9.17) is 0 Å². The molecule has 2 rings (SSSR count). The zero-order chi connectivity index (χ0) is 13.8. The van der Waals surface area contributed by atoms with E-state index >= 15 is 0 Å². The minimum absolute atomic E-state index is 0.0801. The Labute approximate surface area is 117 Å². The highest BCUT2D eigenvalue weighted by Gasteiger charge is 2.35. The summed E-state index contributed by atoms with van der Waals surface area (Å²) in [6.07, 6.45) is 6.09. The molecule has 0 aromatic carbocycles. The Balaban J connectivity index is 1.68. The van der Waals surface area contributed by atoms with Crippen LogP contribution >= 0.6 is 0 Å². The molecule has 0 aromatic heterocycles. The van der Waals surface area contributed by atoms with Gasteiger partial charge in [-0.2, -0.15) is 0 Å². The van der Waals surface area contributed by atoms with Crippen molar-refractivity contribution in [3.05, 3.63) is 0 Å². The summed E-state index contributed by atoms with van der Waals surface area (Å²) in [5.41, 5.74) is 0. The number of carbonyl (C=O) groups is 1. The number of likely N-dealkylation sites (tertiary alicyclic amines) is 1. The SMILES string of the molecule is CCCC(C)NC(=O)C(C)NC1CCN(C2CC2)C1. The summed E-state index contributed by atoms with van der Waals surface area (Å²) < 4.78 is 0. The largest absolute Gasteiger partial charge is 0.352 e. The van der Waals surface area contributed by atoms with Gasteiger partial charge < -0.3 is 10.6 Å². The Morgan fingerprint density at radius 3 is 2.68 bits per heavy atom. The van der Waals surface area contributed by atoms with Crippen molar-refractivity contribution in [3.8, 4) is 0 Å². The molecule has 19 heavy (non-hydrogen) atoms. The molecule has 3 atom stereocenters. The van der Waals surface area contributed by atoms with Crippen molar-refractivity contribution in [2.45, 2.75) is 77.0 Å². The standard InChI is InChI=1S/C15H29N3O/c1-4-5-11(2)16-15(19)12(3)17-13-8-9-18(10-13)14-6-7-14/h11-14,17H,4-10H2,1-3H3,(H,16,19). The summed E-state index contributed by atoms with van der Waals surface area (Å²) in [7, 11) is 0. The number of nitrogens with one attached hydrogen (secondary N) is 2. The van der Waals surface area contributed by atoms with Gasteiger partial charge in [0.2, 0.25) is 5.91 Å². The molecule has 2 N–H and O–H groups in total. The van der Waals surface area contributed by atoms with Crippen LogP contribution in [-0.2, 0) is 4.79 Å². The molecule has 1 amide bonds. The molecule has 4 nitrogen and oxygen atoms in total. The van der Waals surface area contributed by atoms with Crippen LogP contribution in [0.1, 0.15) is 52.9 Å². The van der Waals surface area contributed by atoms with Gasteiger partial charge in [0, 0.05) is 31.2 Å². The zero-order valence-electron chi connectivity index (χ0n) is 12.6. The van der Waals surface area contributed by atoms with Gasteiger partial charge in [-0.3, -0.25) is 9.69 Å². The van der Waals surface area contributed by atoms with Gasteiger partial charge in [-0.15, -0.1) is 0 Å². The molecule has 0 bridgehead atoms. The first-order valence-corrected chi connectivity index (χ1v) is 7.90. The number of hydrogen-bond donors (Lipinski definition) is 2. The molecule has 0 aromatic rings. The number of carbonyl (C=O) groups excluding carboxylic acids is 1. The quantitative estimate of drug-likeness (QED) is 0.735. The van der Waals surface area contributed by atoms with Gasteiger partial charge in [0.15, 0.2) is 0 Å². The van der Waals surface area contributed by atoms with Gasteiger partial charge in [-0.25, -0.2) is 0 Å². The van der Waals surface area contributed by atoms with Crippen LogP contribution in [0.25, 0.3) is 0 Å². The Morgan fingerprint density at radius 1 is 1.32 bits per heavy atom. The van der Waals surface area contributed by atoms with Gasteiger partial charge in [0.25, 0.3) is 0 Å². The van der Waals surface area contributed by atoms with Crippen molar-refractivity contribution < 1.29 is 4.79 Å². The molecule has 1 saturated carbocycles. The maximum absolute atomic E-state index is 12.1. The minimum Gasteiger partial charge on any atom is -0.352 e. The van der Waals surface area contributed by atoms with Crippen LogP contribution in [-0.4, -0.2) is 48.1 Å². The second-order valence-corrected chi connectivity index (χ2v) is 6.30. The van der Waals surface area contributed by atoms with E-state index in [-0.39, 0.29) is 18.0 Å². The summed E-state index contributed by atoms with van der Waals surface area (Å²) in [6.45, 7) is 8.53. The molecule has 4 heteroatoms. The second-order valence-electron chi connectivity index (χ2n) is 6.30. The topological polar surface area (TPSA) is 44.4 Å². The molecule has 1 heterocycles. The second kappa shape index (κ2) is 6.71. The van der Waals surface area contributed by atoms with Crippen LogP contribution in [0.5, 0.6) is 0 Å². The van der Waals surface area contributed by atoms with Crippen molar-refractivity contribution in [3.63, 3.8) is 0 Å². The van der Waals surface area contributed by atoms with Crippen molar-refractivity contribution in [2.75, 3.05) is 13.1 Å². The number of rotatable bonds is 7. The van der Waals surface area contributed by atoms with Crippen molar-refractivity contribution in [1.29, 1.82) is 0 Å². The number of hydrogen-bond acceptors (Lipinski definition) is 3. The number of nitrogens with zero attached hydrogens (tertiary/aromatic N) is 1. The first kappa shape index (κ1) is 14.8. The van der Waals surface area contributed by atoms with Gasteiger partial charge in [0.05, 0.1) is 6.04 Å². The summed E-state index contributed by atoms with van der Waals surface area (Å²) in [5.74, 6) is 0.144. The van der Waals surface area contributed by atoms with Crippen molar-refractivity contribution >= 4 is 5.91 Å². The Hall–Kier alpha value is -0.610. The van der Waals surface area contributed by atoms with Gasteiger partial charge >= 0.3 is 0 Å². The third-order valence-electron chi connectivity index (χ3n) is 4.27. The summed E-state index contributed by atoms with van der Waals surface area (Å²) in [6, 6.07) is 1.54. The summed E-state index contributed by atoms with van der Waals surface area (Å²) >= 11 is 0. The molecule has 2 aliphatic rings. The lowest BCUT2D eigenvalue weighted by molar-refractivity contribution is -0.123. The maximum atomic E-state index is 12.1. The van der Waals surface area contributed by atoms with E-state index in [0.717, 1.165) is 25.4 Å². The molecule has 110 valence electrons. The normalized spacial score (nSPS) is 27.2. The van der Waals surface area contributed by atoms with E-state index in [1.165, 1.54) is 25.8 Å². The monoisotopic (exact) mass is 267 g/mol. The first-order chi connectivity index (χ1) is 9.10. The lowest BCUT2D eigenvalue weighted by atomic mass is 10.1. The highest BCUT2D eigenvalue weighted by molar-refractivity contribution is 5.81. The molecular formula is C15H29N3O. The molecule has 3 unspecified atom stereocenters. The highest BCUT2D eigenvalue weighted by atomic mass is 16.2. The molecule has 1 aliphatic carbocycles. The van der Waals surface area contributed by atoms with E-state index in [9.17, 15) is 4.79 Å². The Morgan fingerprint density at radius 2 is 2.05 bits per heavy atom. The van der Waals surface area contributed by atoms with Crippen LogP contribution in [0.3, 0.4) is 0 Å². The third-order valence-corrected chi connectivity index (χ3v) is 4.27. The maximum Gasteiger partial charge on any atom is 0.237 e. The number of amides is 1. The molecule has 1 aliphatic heterocycles. The first-order valence-electron chi connectivity index (χ1n) is 7.90. The fourth-order valence-corrected chi connectivity index (χ4v) is 3.00. The van der Waals surface area contributed by atoms with Crippen LogP contribution < -0.4 is 10.6 Å². The summed E-state index contributed by atoms with van der Waals surface area (Å²) in [4.78, 5) is 14.6. The fraction of sp³-hybridized carbons (Fsp3) is 0.933. The predicted molar refractivity (Wildman–Crippen MR) is 78.1 cm³/mol. The van der Waals surface area contributed by atoms with E-state index in [1.807, 2.05) is 6.92 Å². The van der Waals surface area contributed by atoms with Crippen LogP contribution in [0.15, 0.2) is 0 Å². The average molecular weight is 267 g/mol. The van der Waals surface area contributed by atoms with Gasteiger partial charge in [-0.1, -0.05) is 13.3 Å². The van der Waals surface area contributed by atoms with Crippen LogP contribution in [0.4, 0.5) is 0 Å². The van der Waals surface area contributed by atoms with Gasteiger partial charge in [-0.05, 0) is 39.5 Å². The molecule has 1 saturated heterocycles. The van der Waals surface area contributed by atoms with Gasteiger partial charge in [0.1, 0.15) is 0 Å². The van der Waals surface area contributed by atoms with Crippen molar-refractivity contribution in [1.82, 2.24) is 15.5 Å². The summed E-state index contributed by atoms with van der Waals surface area (Å²) in [5, 5.41) is 6.57. The smallest absolute Gasteiger partial charge is 0.237 e. The minimum atomic E-state index is -0.0801. The molecule has 0 spiro atoms. The van der Waals surface area contributed by atoms with E-state index in [0.29, 0.717) is 6.04 Å². The van der Waals surface area contributed by atoms with E-state index in [1.54, 1.807) is 0 Å². The van der Waals surface area contributed by atoms with Crippen molar-refractivity contribution in [2.24, 2.45) is 0 Å². The lowest BCUT2D eigenvalue weighted by Crippen LogP contribution is -2.49. The Bertz CT molecular complexity index is 304. The fourth-order valence-electron chi connectivity index (χ4n) is 3.00. The molecule has 0 radical (unpaired) electrons. The van der Waals surface area contributed by atoms with Crippen LogP contribution in [0.2, 0.25) is 0 Å². The lowest BCUT2D eigenvalue weighted by Gasteiger charge is -2.22. The molecule has 2 fully saturated rings. The average Bonchev–Trinajstić information content (AvgIpc) is 3.10. The predicted octanol–water partition coefficient (Wildman–Crippen LogP) is 1.51. The van der Waals surface area contributed by atoms with E-state index in [2.05, 4.69) is 29.4 Å². The highest BCUT2D eigenvalue weighted by Crippen LogP contribution is 2.29. The Kier molecular flexibility index (Phi) is 5.22. The third kappa shape index (κ3) is 4.46. The van der Waals surface area contributed by atoms with Crippen LogP contribution in [0, 0.1) is 0 Å².